The Morgan fingerprint density at radius 1 is 1.39 bits per heavy atom. The van der Waals surface area contributed by atoms with Gasteiger partial charge in [-0.2, -0.15) is 0 Å². The molecule has 0 fully saturated rings. The molecule has 3 rings (SSSR count). The second-order valence-electron chi connectivity index (χ2n) is 5.18. The maximum atomic E-state index is 5.38. The van der Waals surface area contributed by atoms with Crippen LogP contribution in [0.15, 0.2) is 12.1 Å². The van der Waals surface area contributed by atoms with Crippen LogP contribution in [0.3, 0.4) is 0 Å². The van der Waals surface area contributed by atoms with E-state index in [0.717, 1.165) is 18.6 Å². The Morgan fingerprint density at radius 3 is 2.94 bits per heavy atom. The Hall–Kier alpha value is -1.48. The van der Waals surface area contributed by atoms with E-state index in [-0.39, 0.29) is 0 Å². The number of rotatable bonds is 2. The maximum Gasteiger partial charge on any atom is 0.119 e. The number of benzene rings is 1. The van der Waals surface area contributed by atoms with Crippen molar-refractivity contribution in [3.05, 3.63) is 29.0 Å². The van der Waals surface area contributed by atoms with Gasteiger partial charge in [-0.15, -0.1) is 0 Å². The minimum absolute atomic E-state index is 0.604. The molecule has 96 valence electrons. The van der Waals surface area contributed by atoms with Crippen molar-refractivity contribution < 1.29 is 4.74 Å². The fourth-order valence-corrected chi connectivity index (χ4v) is 3.04. The van der Waals surface area contributed by atoms with Crippen LogP contribution in [0, 0.1) is 6.92 Å². The topological polar surface area (TPSA) is 37.0 Å². The molecule has 1 atom stereocenters. The summed E-state index contributed by atoms with van der Waals surface area (Å²) in [6, 6.07) is 4.87. The lowest BCUT2D eigenvalue weighted by molar-refractivity contribution is 0.415. The fraction of sp³-hybridized carbons (Fsp3) is 0.467. The predicted molar refractivity (Wildman–Crippen MR) is 74.5 cm³/mol. The third-order valence-corrected chi connectivity index (χ3v) is 4.11. The molecule has 0 spiro atoms. The molecule has 1 aliphatic carbocycles. The van der Waals surface area contributed by atoms with Crippen molar-refractivity contribution in [2.75, 3.05) is 14.2 Å². The Morgan fingerprint density at radius 2 is 2.22 bits per heavy atom. The van der Waals surface area contributed by atoms with Crippen molar-refractivity contribution in [1.29, 1.82) is 0 Å². The number of nitrogens with one attached hydrogen (secondary N) is 2. The molecule has 2 N–H and O–H groups in total. The lowest BCUT2D eigenvalue weighted by Crippen LogP contribution is -2.31. The number of hydrogen-bond acceptors (Lipinski definition) is 2. The summed E-state index contributed by atoms with van der Waals surface area (Å²) in [6.45, 7) is 2.14. The van der Waals surface area contributed by atoms with Gasteiger partial charge in [0.1, 0.15) is 5.75 Å². The third-order valence-electron chi connectivity index (χ3n) is 4.11. The number of hydrogen-bond donors (Lipinski definition) is 2. The summed E-state index contributed by atoms with van der Waals surface area (Å²) in [5, 5.41) is 4.73. The van der Waals surface area contributed by atoms with Crippen LogP contribution in [0.4, 0.5) is 0 Å². The zero-order valence-electron chi connectivity index (χ0n) is 11.3. The number of aryl methyl sites for hydroxylation is 2. The molecule has 0 bridgehead atoms. The van der Waals surface area contributed by atoms with Crippen molar-refractivity contribution in [2.24, 2.45) is 0 Å². The largest absolute Gasteiger partial charge is 0.497 e. The summed E-state index contributed by atoms with van der Waals surface area (Å²) in [7, 11) is 3.78. The van der Waals surface area contributed by atoms with E-state index < -0.39 is 0 Å². The molecule has 0 radical (unpaired) electrons. The average molecular weight is 244 g/mol. The van der Waals surface area contributed by atoms with Crippen molar-refractivity contribution in [3.8, 4) is 5.75 Å². The number of likely N-dealkylation sites (N-methyl/N-ethyl adjacent to an activating group) is 1. The zero-order chi connectivity index (χ0) is 12.7. The third kappa shape index (κ3) is 1.70. The van der Waals surface area contributed by atoms with Crippen LogP contribution in [0.1, 0.15) is 23.2 Å². The molecule has 0 amide bonds. The maximum absolute atomic E-state index is 5.38. The summed E-state index contributed by atoms with van der Waals surface area (Å²) in [4.78, 5) is 3.60. The highest BCUT2D eigenvalue weighted by Crippen LogP contribution is 2.33. The summed E-state index contributed by atoms with van der Waals surface area (Å²) < 4.78 is 5.38. The van der Waals surface area contributed by atoms with Gasteiger partial charge in [0.2, 0.25) is 0 Å². The Balaban J connectivity index is 2.16. The zero-order valence-corrected chi connectivity index (χ0v) is 11.3. The first-order valence-corrected chi connectivity index (χ1v) is 6.58. The van der Waals surface area contributed by atoms with E-state index in [0.29, 0.717) is 6.04 Å². The highest BCUT2D eigenvalue weighted by molar-refractivity contribution is 5.89. The normalized spacial score (nSPS) is 18.9. The van der Waals surface area contributed by atoms with Gasteiger partial charge in [0.25, 0.3) is 0 Å². The first-order valence-electron chi connectivity index (χ1n) is 6.58. The van der Waals surface area contributed by atoms with Crippen LogP contribution in [-0.2, 0) is 12.8 Å². The van der Waals surface area contributed by atoms with Crippen LogP contribution >= 0.6 is 0 Å². The molecule has 1 aromatic carbocycles. The van der Waals surface area contributed by atoms with Gasteiger partial charge in [-0.3, -0.25) is 0 Å². The van der Waals surface area contributed by atoms with E-state index in [9.17, 15) is 0 Å². The molecule has 1 aliphatic rings. The molecular weight excluding hydrogens is 224 g/mol. The van der Waals surface area contributed by atoms with Gasteiger partial charge in [0, 0.05) is 29.1 Å². The Bertz CT molecular complexity index is 586. The first-order chi connectivity index (χ1) is 8.72. The number of fused-ring (bicyclic) bond motifs is 3. The van der Waals surface area contributed by atoms with E-state index in [4.69, 9.17) is 4.74 Å². The number of methoxy groups -OCH3 is 1. The second kappa shape index (κ2) is 4.32. The lowest BCUT2D eigenvalue weighted by Gasteiger charge is -2.21. The average Bonchev–Trinajstić information content (AvgIpc) is 2.76. The molecule has 18 heavy (non-hydrogen) atoms. The van der Waals surface area contributed by atoms with Gasteiger partial charge in [-0.25, -0.2) is 0 Å². The second-order valence-corrected chi connectivity index (χ2v) is 5.18. The summed E-state index contributed by atoms with van der Waals surface area (Å²) in [6.07, 6.45) is 3.46. The van der Waals surface area contributed by atoms with Crippen LogP contribution in [-0.4, -0.2) is 25.2 Å². The smallest absolute Gasteiger partial charge is 0.119 e. The molecule has 2 aromatic rings. The molecule has 1 heterocycles. The molecule has 1 unspecified atom stereocenters. The van der Waals surface area contributed by atoms with Gasteiger partial charge >= 0.3 is 0 Å². The van der Waals surface area contributed by atoms with E-state index >= 15 is 0 Å². The van der Waals surface area contributed by atoms with Gasteiger partial charge in [-0.1, -0.05) is 0 Å². The van der Waals surface area contributed by atoms with Gasteiger partial charge in [0.15, 0.2) is 0 Å². The lowest BCUT2D eigenvalue weighted by atomic mass is 9.91. The molecule has 0 saturated carbocycles. The molecule has 0 saturated heterocycles. The number of ether oxygens (including phenoxy) is 1. The molecule has 0 aliphatic heterocycles. The predicted octanol–water partition coefficient (Wildman–Crippen LogP) is 2.56. The molecular formula is C15H20N2O. The van der Waals surface area contributed by atoms with E-state index in [1.807, 2.05) is 7.05 Å². The molecule has 3 nitrogen and oxygen atoms in total. The number of H-pyrrole nitrogens is 1. The van der Waals surface area contributed by atoms with E-state index in [2.05, 4.69) is 29.4 Å². The standard InChI is InChI=1S/C15H20N2O/c1-9-6-11(18-3)8-13-12-5-4-10(16-2)7-14(12)17-15(9)13/h6,8,10,16-17H,4-5,7H2,1-3H3. The van der Waals surface area contributed by atoms with Crippen LogP contribution < -0.4 is 10.1 Å². The Kier molecular flexibility index (Phi) is 2.78. The molecule has 1 aromatic heterocycles. The van der Waals surface area contributed by atoms with Gasteiger partial charge < -0.3 is 15.0 Å². The molecule has 3 heteroatoms. The van der Waals surface area contributed by atoms with Crippen molar-refractivity contribution >= 4 is 10.9 Å². The van der Waals surface area contributed by atoms with Crippen molar-refractivity contribution in [3.63, 3.8) is 0 Å². The number of aromatic nitrogens is 1. The summed E-state index contributed by atoms with van der Waals surface area (Å²) in [5.41, 5.74) is 5.42. The van der Waals surface area contributed by atoms with Crippen molar-refractivity contribution in [1.82, 2.24) is 10.3 Å². The highest BCUT2D eigenvalue weighted by atomic mass is 16.5. The summed E-state index contributed by atoms with van der Waals surface area (Å²) in [5.74, 6) is 0.956. The highest BCUT2D eigenvalue weighted by Gasteiger charge is 2.22. The van der Waals surface area contributed by atoms with Crippen molar-refractivity contribution in [2.45, 2.75) is 32.2 Å². The quantitative estimate of drug-likeness (QED) is 0.852. The minimum atomic E-state index is 0.604. The first kappa shape index (κ1) is 11.6. The van der Waals surface area contributed by atoms with E-state index in [1.165, 1.54) is 34.1 Å². The summed E-state index contributed by atoms with van der Waals surface area (Å²) >= 11 is 0. The Labute approximate surface area is 108 Å². The van der Waals surface area contributed by atoms with Crippen LogP contribution in [0.2, 0.25) is 0 Å². The van der Waals surface area contributed by atoms with Gasteiger partial charge in [0.05, 0.1) is 7.11 Å². The number of aromatic amines is 1. The van der Waals surface area contributed by atoms with Gasteiger partial charge in [-0.05, 0) is 50.1 Å². The monoisotopic (exact) mass is 244 g/mol. The fourth-order valence-electron chi connectivity index (χ4n) is 3.04. The SMILES string of the molecule is CNC1CCc2c([nH]c3c(C)cc(OC)cc23)C1. The van der Waals surface area contributed by atoms with Crippen LogP contribution in [0.5, 0.6) is 5.75 Å². The minimum Gasteiger partial charge on any atom is -0.497 e. The van der Waals surface area contributed by atoms with E-state index in [1.54, 1.807) is 7.11 Å². The van der Waals surface area contributed by atoms with Crippen LogP contribution in [0.25, 0.3) is 10.9 Å².